The highest BCUT2D eigenvalue weighted by atomic mass is 35.5. The number of hydrogen-bond acceptors (Lipinski definition) is 2. The van der Waals surface area contributed by atoms with Crippen LogP contribution in [0.3, 0.4) is 0 Å². The highest BCUT2D eigenvalue weighted by Gasteiger charge is 2.40. The van der Waals surface area contributed by atoms with Gasteiger partial charge in [-0.2, -0.15) is 0 Å². The summed E-state index contributed by atoms with van der Waals surface area (Å²) >= 11 is 6.37. The van der Waals surface area contributed by atoms with Crippen molar-refractivity contribution in [2.24, 2.45) is 0 Å². The van der Waals surface area contributed by atoms with Crippen molar-refractivity contribution in [1.29, 1.82) is 0 Å². The van der Waals surface area contributed by atoms with Gasteiger partial charge in [0, 0.05) is 29.9 Å². The summed E-state index contributed by atoms with van der Waals surface area (Å²) in [7, 11) is 1.89. The van der Waals surface area contributed by atoms with Crippen molar-refractivity contribution in [3.05, 3.63) is 63.7 Å². The molecule has 0 saturated heterocycles. The van der Waals surface area contributed by atoms with Gasteiger partial charge in [-0.1, -0.05) is 29.8 Å². The lowest BCUT2D eigenvalue weighted by Crippen LogP contribution is -2.42. The maximum atomic E-state index is 12.7. The molecule has 26 heavy (non-hydrogen) atoms. The molecule has 0 unspecified atom stereocenters. The van der Waals surface area contributed by atoms with Gasteiger partial charge in [0.25, 0.3) is 5.91 Å². The molecule has 2 aromatic rings. The van der Waals surface area contributed by atoms with Crippen LogP contribution < -0.4 is 5.32 Å². The molecular formula is C22H25ClN2O. The third kappa shape index (κ3) is 2.88. The summed E-state index contributed by atoms with van der Waals surface area (Å²) in [5, 5.41) is 4.57. The molecule has 1 fully saturated rings. The molecule has 0 spiro atoms. The van der Waals surface area contributed by atoms with E-state index < -0.39 is 0 Å². The maximum Gasteiger partial charge on any atom is 0.253 e. The molecule has 0 bridgehead atoms. The summed E-state index contributed by atoms with van der Waals surface area (Å²) < 4.78 is 0. The van der Waals surface area contributed by atoms with E-state index in [4.69, 9.17) is 11.6 Å². The Labute approximate surface area is 160 Å². The standard InChI is InChI=1S/C22H25ClN2O/c1-15-19(7-3-8-20(15)23)22(11-5-12-22)24-17-10-9-16-6-4-13-25(2)21(26)18(16)14-17/h3,7-10,14,24H,4-6,11-13H2,1-2H3. The fourth-order valence-electron chi connectivity index (χ4n) is 4.28. The summed E-state index contributed by atoms with van der Waals surface area (Å²) in [5.74, 6) is 0.128. The van der Waals surface area contributed by atoms with Gasteiger partial charge in [0.15, 0.2) is 0 Å². The van der Waals surface area contributed by atoms with Crippen LogP contribution in [-0.2, 0) is 12.0 Å². The summed E-state index contributed by atoms with van der Waals surface area (Å²) in [5.41, 5.74) is 5.36. The Balaban J connectivity index is 1.69. The molecule has 1 aliphatic heterocycles. The average molecular weight is 369 g/mol. The maximum absolute atomic E-state index is 12.7. The van der Waals surface area contributed by atoms with E-state index in [1.54, 1.807) is 0 Å². The van der Waals surface area contributed by atoms with Gasteiger partial charge in [-0.3, -0.25) is 4.79 Å². The van der Waals surface area contributed by atoms with Crippen LogP contribution in [0.1, 0.15) is 52.7 Å². The second-order valence-electron chi connectivity index (χ2n) is 7.68. The number of nitrogens with zero attached hydrogens (tertiary/aromatic N) is 1. The van der Waals surface area contributed by atoms with E-state index in [2.05, 4.69) is 30.4 Å². The summed E-state index contributed by atoms with van der Waals surface area (Å²) in [6, 6.07) is 12.4. The Morgan fingerprint density at radius 1 is 1.15 bits per heavy atom. The zero-order chi connectivity index (χ0) is 18.3. The second-order valence-corrected chi connectivity index (χ2v) is 8.08. The monoisotopic (exact) mass is 368 g/mol. The summed E-state index contributed by atoms with van der Waals surface area (Å²) in [4.78, 5) is 14.5. The lowest BCUT2D eigenvalue weighted by Gasteiger charge is -2.45. The highest BCUT2D eigenvalue weighted by Crippen LogP contribution is 2.46. The number of hydrogen-bond donors (Lipinski definition) is 1. The van der Waals surface area contributed by atoms with Gasteiger partial charge in [-0.05, 0) is 73.9 Å². The van der Waals surface area contributed by atoms with Crippen LogP contribution >= 0.6 is 11.6 Å². The van der Waals surface area contributed by atoms with E-state index in [0.717, 1.165) is 59.6 Å². The van der Waals surface area contributed by atoms with Crippen molar-refractivity contribution in [3.63, 3.8) is 0 Å². The number of nitrogens with one attached hydrogen (secondary N) is 1. The van der Waals surface area contributed by atoms with E-state index in [1.165, 1.54) is 12.0 Å². The summed E-state index contributed by atoms with van der Waals surface area (Å²) in [6.07, 6.45) is 5.35. The van der Waals surface area contributed by atoms with Crippen molar-refractivity contribution in [1.82, 2.24) is 4.90 Å². The van der Waals surface area contributed by atoms with Gasteiger partial charge in [0.2, 0.25) is 0 Å². The first kappa shape index (κ1) is 17.4. The predicted octanol–water partition coefficient (Wildman–Crippen LogP) is 5.16. The molecule has 4 rings (SSSR count). The molecule has 1 saturated carbocycles. The number of amides is 1. The molecule has 2 aromatic carbocycles. The van der Waals surface area contributed by atoms with Gasteiger partial charge >= 0.3 is 0 Å². The van der Waals surface area contributed by atoms with Crippen molar-refractivity contribution in [3.8, 4) is 0 Å². The molecule has 3 nitrogen and oxygen atoms in total. The molecule has 1 N–H and O–H groups in total. The number of anilines is 1. The van der Waals surface area contributed by atoms with Crippen molar-refractivity contribution < 1.29 is 4.79 Å². The molecule has 0 atom stereocenters. The highest BCUT2D eigenvalue weighted by molar-refractivity contribution is 6.31. The molecule has 2 aliphatic rings. The van der Waals surface area contributed by atoms with E-state index in [1.807, 2.05) is 30.1 Å². The first-order valence-electron chi connectivity index (χ1n) is 9.42. The normalized spacial score (nSPS) is 18.7. The fraction of sp³-hybridized carbons (Fsp3) is 0.409. The third-order valence-electron chi connectivity index (χ3n) is 6.00. The third-order valence-corrected chi connectivity index (χ3v) is 6.41. The van der Waals surface area contributed by atoms with Crippen LogP contribution in [-0.4, -0.2) is 24.4 Å². The van der Waals surface area contributed by atoms with E-state index in [-0.39, 0.29) is 11.4 Å². The largest absolute Gasteiger partial charge is 0.375 e. The van der Waals surface area contributed by atoms with Crippen LogP contribution in [0.15, 0.2) is 36.4 Å². The number of carbonyl (C=O) groups excluding carboxylic acids is 1. The van der Waals surface area contributed by atoms with E-state index in [0.29, 0.717) is 0 Å². The summed E-state index contributed by atoms with van der Waals surface area (Å²) in [6.45, 7) is 2.91. The number of benzene rings is 2. The van der Waals surface area contributed by atoms with Gasteiger partial charge in [-0.25, -0.2) is 0 Å². The lowest BCUT2D eigenvalue weighted by atomic mass is 9.70. The second kappa shape index (κ2) is 6.62. The van der Waals surface area contributed by atoms with Crippen LogP contribution in [0.5, 0.6) is 0 Å². The Bertz CT molecular complexity index is 857. The topological polar surface area (TPSA) is 32.3 Å². The zero-order valence-electron chi connectivity index (χ0n) is 15.4. The first-order chi connectivity index (χ1) is 12.5. The van der Waals surface area contributed by atoms with Crippen LogP contribution in [0, 0.1) is 6.92 Å². The minimum absolute atomic E-state index is 0.0805. The Hall–Kier alpha value is -2.00. The SMILES string of the molecule is Cc1c(Cl)cccc1C1(Nc2ccc3c(c2)C(=O)N(C)CCC3)CCC1. The number of rotatable bonds is 3. The number of carbonyl (C=O) groups is 1. The Morgan fingerprint density at radius 3 is 2.69 bits per heavy atom. The average Bonchev–Trinajstić information content (AvgIpc) is 2.74. The first-order valence-corrected chi connectivity index (χ1v) is 9.80. The molecule has 0 aromatic heterocycles. The van der Waals surface area contributed by atoms with Crippen molar-refractivity contribution in [2.45, 2.75) is 44.6 Å². The van der Waals surface area contributed by atoms with Gasteiger partial charge in [-0.15, -0.1) is 0 Å². The quantitative estimate of drug-likeness (QED) is 0.811. The van der Waals surface area contributed by atoms with Crippen molar-refractivity contribution >= 4 is 23.2 Å². The Kier molecular flexibility index (Phi) is 4.44. The molecule has 1 amide bonds. The van der Waals surface area contributed by atoms with E-state index >= 15 is 0 Å². The van der Waals surface area contributed by atoms with Crippen LogP contribution in [0.25, 0.3) is 0 Å². The smallest absolute Gasteiger partial charge is 0.253 e. The van der Waals surface area contributed by atoms with Crippen LogP contribution in [0.2, 0.25) is 5.02 Å². The number of aryl methyl sites for hydroxylation is 1. The molecule has 1 heterocycles. The molecule has 1 aliphatic carbocycles. The van der Waals surface area contributed by atoms with Gasteiger partial charge in [0.05, 0.1) is 5.54 Å². The molecular weight excluding hydrogens is 344 g/mol. The minimum Gasteiger partial charge on any atom is -0.375 e. The van der Waals surface area contributed by atoms with Crippen LogP contribution in [0.4, 0.5) is 5.69 Å². The van der Waals surface area contributed by atoms with Gasteiger partial charge in [0.1, 0.15) is 0 Å². The van der Waals surface area contributed by atoms with Gasteiger partial charge < -0.3 is 10.2 Å². The molecule has 0 radical (unpaired) electrons. The predicted molar refractivity (Wildman–Crippen MR) is 107 cm³/mol. The minimum atomic E-state index is -0.0805. The number of halogens is 1. The zero-order valence-corrected chi connectivity index (χ0v) is 16.2. The lowest BCUT2D eigenvalue weighted by molar-refractivity contribution is 0.0800. The fourth-order valence-corrected chi connectivity index (χ4v) is 4.45. The Morgan fingerprint density at radius 2 is 1.96 bits per heavy atom. The molecule has 136 valence electrons. The van der Waals surface area contributed by atoms with E-state index in [9.17, 15) is 4.79 Å². The number of fused-ring (bicyclic) bond motifs is 1. The molecule has 4 heteroatoms. The van der Waals surface area contributed by atoms with Crippen molar-refractivity contribution in [2.75, 3.05) is 18.9 Å².